The van der Waals surface area contributed by atoms with Gasteiger partial charge in [-0.3, -0.25) is 9.59 Å². The number of nitrogens with zero attached hydrogens (tertiary/aromatic N) is 1. The van der Waals surface area contributed by atoms with E-state index in [-0.39, 0.29) is 17.9 Å². The molecule has 192 valence electrons. The van der Waals surface area contributed by atoms with Crippen LogP contribution in [0.2, 0.25) is 0 Å². The van der Waals surface area contributed by atoms with Gasteiger partial charge in [0.1, 0.15) is 17.3 Å². The third kappa shape index (κ3) is 6.02. The van der Waals surface area contributed by atoms with Crippen LogP contribution in [0.25, 0.3) is 5.76 Å². The van der Waals surface area contributed by atoms with Crippen LogP contribution in [-0.2, 0) is 16.1 Å². The van der Waals surface area contributed by atoms with Crippen molar-refractivity contribution in [2.75, 3.05) is 13.2 Å². The van der Waals surface area contributed by atoms with Crippen molar-refractivity contribution in [1.29, 1.82) is 0 Å². The smallest absolute Gasteiger partial charge is 0.295 e. The van der Waals surface area contributed by atoms with E-state index < -0.39 is 17.7 Å². The summed E-state index contributed by atoms with van der Waals surface area (Å²) in [5, 5.41) is 11.4. The second kappa shape index (κ2) is 12.3. The molecule has 6 heteroatoms. The zero-order chi connectivity index (χ0) is 26.2. The van der Waals surface area contributed by atoms with Gasteiger partial charge in [-0.15, -0.1) is 0 Å². The Morgan fingerprint density at radius 1 is 0.838 bits per heavy atom. The molecular weight excluding hydrogens is 466 g/mol. The molecule has 1 aliphatic rings. The minimum atomic E-state index is -0.745. The third-order valence-corrected chi connectivity index (χ3v) is 6.28. The number of ether oxygens (including phenoxy) is 2. The molecule has 1 unspecified atom stereocenters. The van der Waals surface area contributed by atoms with E-state index in [1.165, 1.54) is 4.90 Å². The number of ketones is 1. The number of benzene rings is 3. The molecule has 3 aromatic rings. The van der Waals surface area contributed by atoms with Gasteiger partial charge >= 0.3 is 0 Å². The van der Waals surface area contributed by atoms with Crippen LogP contribution in [0, 0.1) is 0 Å². The standard InChI is InChI=1S/C31H33NO5/c1-3-5-19-37-26-13-9-12-24(20-26)29(33)27-28(23-14-16-25(17-15-23)36-18-4-2)32(31(35)30(27)34)21-22-10-7-6-8-11-22/h6-17,20,28,33H,3-5,18-19,21H2,1-2H3. The molecule has 6 nitrogen and oxygen atoms in total. The first-order chi connectivity index (χ1) is 18.0. The van der Waals surface area contributed by atoms with Crippen LogP contribution in [0.15, 0.2) is 84.4 Å². The SMILES string of the molecule is CCCCOc1cccc(C(O)=C2C(=O)C(=O)N(Cc3ccccc3)C2c2ccc(OCCC)cc2)c1. The molecule has 0 aromatic heterocycles. The van der Waals surface area contributed by atoms with Crippen LogP contribution in [-0.4, -0.2) is 34.9 Å². The van der Waals surface area contributed by atoms with Crippen LogP contribution in [0.5, 0.6) is 11.5 Å². The summed E-state index contributed by atoms with van der Waals surface area (Å²) in [6, 6.07) is 23.1. The first-order valence-electron chi connectivity index (χ1n) is 12.8. The van der Waals surface area contributed by atoms with Crippen molar-refractivity contribution in [3.05, 3.63) is 101 Å². The van der Waals surface area contributed by atoms with Gasteiger partial charge in [-0.2, -0.15) is 0 Å². The predicted octanol–water partition coefficient (Wildman–Crippen LogP) is 6.28. The molecule has 1 amide bonds. The van der Waals surface area contributed by atoms with Gasteiger partial charge in [0.25, 0.3) is 11.7 Å². The molecule has 1 aliphatic heterocycles. The second-order valence-corrected chi connectivity index (χ2v) is 9.06. The van der Waals surface area contributed by atoms with E-state index in [1.807, 2.05) is 67.6 Å². The lowest BCUT2D eigenvalue weighted by molar-refractivity contribution is -0.140. The Morgan fingerprint density at radius 3 is 2.27 bits per heavy atom. The van der Waals surface area contributed by atoms with E-state index in [2.05, 4.69) is 6.92 Å². The van der Waals surface area contributed by atoms with Crippen LogP contribution >= 0.6 is 0 Å². The first kappa shape index (κ1) is 26.0. The van der Waals surface area contributed by atoms with E-state index in [1.54, 1.807) is 18.2 Å². The topological polar surface area (TPSA) is 76.1 Å². The normalized spacial score (nSPS) is 16.7. The summed E-state index contributed by atoms with van der Waals surface area (Å²) in [6.45, 7) is 5.52. The first-order valence-corrected chi connectivity index (χ1v) is 12.8. The maximum atomic E-state index is 13.3. The van der Waals surface area contributed by atoms with E-state index in [4.69, 9.17) is 9.47 Å². The van der Waals surface area contributed by atoms with Gasteiger partial charge in [-0.25, -0.2) is 0 Å². The fraction of sp³-hybridized carbons (Fsp3) is 0.290. The number of rotatable bonds is 11. The summed E-state index contributed by atoms with van der Waals surface area (Å²) in [5.41, 5.74) is 2.10. The van der Waals surface area contributed by atoms with Crippen molar-refractivity contribution in [3.8, 4) is 11.5 Å². The number of amides is 1. The summed E-state index contributed by atoms with van der Waals surface area (Å²) >= 11 is 0. The number of aliphatic hydroxyl groups is 1. The molecule has 37 heavy (non-hydrogen) atoms. The molecule has 1 saturated heterocycles. The van der Waals surface area contributed by atoms with Crippen LogP contribution < -0.4 is 9.47 Å². The Balaban J connectivity index is 1.75. The molecule has 0 radical (unpaired) electrons. The molecule has 1 N–H and O–H groups in total. The Morgan fingerprint density at radius 2 is 1.57 bits per heavy atom. The van der Waals surface area contributed by atoms with Gasteiger partial charge in [0.15, 0.2) is 0 Å². The van der Waals surface area contributed by atoms with E-state index in [0.29, 0.717) is 30.3 Å². The van der Waals surface area contributed by atoms with E-state index >= 15 is 0 Å². The lowest BCUT2D eigenvalue weighted by atomic mass is 9.95. The van der Waals surface area contributed by atoms with Crippen molar-refractivity contribution < 1.29 is 24.2 Å². The Labute approximate surface area is 218 Å². The second-order valence-electron chi connectivity index (χ2n) is 9.06. The molecule has 1 atom stereocenters. The highest BCUT2D eigenvalue weighted by Gasteiger charge is 2.46. The van der Waals surface area contributed by atoms with Gasteiger partial charge in [0.05, 0.1) is 24.8 Å². The van der Waals surface area contributed by atoms with Gasteiger partial charge in [0, 0.05) is 12.1 Å². The fourth-order valence-corrected chi connectivity index (χ4v) is 4.36. The maximum absolute atomic E-state index is 13.3. The Kier molecular flexibility index (Phi) is 8.62. The van der Waals surface area contributed by atoms with Crippen molar-refractivity contribution in [2.24, 2.45) is 0 Å². The monoisotopic (exact) mass is 499 g/mol. The third-order valence-electron chi connectivity index (χ3n) is 6.28. The average Bonchev–Trinajstić information content (AvgIpc) is 3.17. The molecule has 0 bridgehead atoms. The highest BCUT2D eigenvalue weighted by molar-refractivity contribution is 6.46. The fourth-order valence-electron chi connectivity index (χ4n) is 4.36. The van der Waals surface area contributed by atoms with Crippen molar-refractivity contribution in [2.45, 2.75) is 45.7 Å². The minimum Gasteiger partial charge on any atom is -0.507 e. The zero-order valence-electron chi connectivity index (χ0n) is 21.4. The number of Topliss-reactive ketones (excluding diaryl/α,β-unsaturated/α-hetero) is 1. The number of hydrogen-bond acceptors (Lipinski definition) is 5. The van der Waals surface area contributed by atoms with Gasteiger partial charge in [0.2, 0.25) is 0 Å². The van der Waals surface area contributed by atoms with Crippen LogP contribution in [0.4, 0.5) is 0 Å². The lowest BCUT2D eigenvalue weighted by Gasteiger charge is -2.25. The number of hydrogen-bond donors (Lipinski definition) is 1. The van der Waals surface area contributed by atoms with Gasteiger partial charge < -0.3 is 19.5 Å². The maximum Gasteiger partial charge on any atom is 0.295 e. The molecule has 0 aliphatic carbocycles. The summed E-state index contributed by atoms with van der Waals surface area (Å²) in [5.74, 6) is -0.252. The molecule has 3 aromatic carbocycles. The van der Waals surface area contributed by atoms with Gasteiger partial charge in [-0.1, -0.05) is 74.9 Å². The summed E-state index contributed by atoms with van der Waals surface area (Å²) in [7, 11) is 0. The molecule has 0 saturated carbocycles. The molecule has 1 heterocycles. The molecule has 0 spiro atoms. The average molecular weight is 500 g/mol. The number of carbonyl (C=O) groups excluding carboxylic acids is 2. The van der Waals surface area contributed by atoms with Crippen molar-refractivity contribution in [1.82, 2.24) is 4.90 Å². The molecular formula is C31H33NO5. The number of likely N-dealkylation sites (tertiary alicyclic amines) is 1. The van der Waals surface area contributed by atoms with Crippen LogP contribution in [0.1, 0.15) is 55.8 Å². The van der Waals surface area contributed by atoms with Gasteiger partial charge in [-0.05, 0) is 48.2 Å². The van der Waals surface area contributed by atoms with Crippen molar-refractivity contribution >= 4 is 17.4 Å². The molecule has 4 rings (SSSR count). The summed E-state index contributed by atoms with van der Waals surface area (Å²) in [6.07, 6.45) is 2.81. The Hall–Kier alpha value is -4.06. The highest BCUT2D eigenvalue weighted by Crippen LogP contribution is 2.41. The molecule has 1 fully saturated rings. The lowest BCUT2D eigenvalue weighted by Crippen LogP contribution is -2.29. The number of unbranched alkanes of at least 4 members (excludes halogenated alkanes) is 1. The largest absolute Gasteiger partial charge is 0.507 e. The minimum absolute atomic E-state index is 0.0638. The van der Waals surface area contributed by atoms with Crippen molar-refractivity contribution in [3.63, 3.8) is 0 Å². The zero-order valence-corrected chi connectivity index (χ0v) is 21.4. The van der Waals surface area contributed by atoms with E-state index in [9.17, 15) is 14.7 Å². The number of aliphatic hydroxyl groups excluding tert-OH is 1. The predicted molar refractivity (Wildman–Crippen MR) is 143 cm³/mol. The number of carbonyl (C=O) groups is 2. The highest BCUT2D eigenvalue weighted by atomic mass is 16.5. The summed E-state index contributed by atoms with van der Waals surface area (Å²) < 4.78 is 11.5. The Bertz CT molecular complexity index is 1250. The van der Waals surface area contributed by atoms with E-state index in [0.717, 1.165) is 30.4 Å². The van der Waals surface area contributed by atoms with Crippen LogP contribution in [0.3, 0.4) is 0 Å². The quantitative estimate of drug-likeness (QED) is 0.146. The summed E-state index contributed by atoms with van der Waals surface area (Å²) in [4.78, 5) is 28.1.